The smallest absolute Gasteiger partial charge is 0.188 e. The Bertz CT molecular complexity index is 1010. The topological polar surface area (TPSA) is 63.6 Å². The fourth-order valence-electron chi connectivity index (χ4n) is 4.47. The van der Waals surface area contributed by atoms with E-state index in [9.17, 15) is 17.9 Å². The van der Waals surface area contributed by atoms with Gasteiger partial charge in [-0.15, -0.1) is 0 Å². The van der Waals surface area contributed by atoms with E-state index < -0.39 is 38.2 Å². The van der Waals surface area contributed by atoms with Crippen molar-refractivity contribution in [3.63, 3.8) is 0 Å². The van der Waals surface area contributed by atoms with E-state index >= 15 is 4.39 Å². The summed E-state index contributed by atoms with van der Waals surface area (Å²) < 4.78 is 61.0. The highest BCUT2D eigenvalue weighted by Crippen LogP contribution is 2.55. The average Bonchev–Trinajstić information content (AvgIpc) is 2.85. The third-order valence-electron chi connectivity index (χ3n) is 5.87. The van der Waals surface area contributed by atoms with Gasteiger partial charge in [0.25, 0.3) is 0 Å². The Morgan fingerprint density at radius 3 is 2.43 bits per heavy atom. The summed E-state index contributed by atoms with van der Waals surface area (Å²) in [5.41, 5.74) is -0.271. The van der Waals surface area contributed by atoms with Gasteiger partial charge in [-0.2, -0.15) is 0 Å². The second kappa shape index (κ2) is 6.97. The summed E-state index contributed by atoms with van der Waals surface area (Å²) in [6, 6.07) is 7.51. The van der Waals surface area contributed by atoms with Crippen LogP contribution in [0.15, 0.2) is 41.3 Å². The molecule has 1 saturated carbocycles. The monoisotopic (exact) mass is 428 g/mol. The van der Waals surface area contributed by atoms with Crippen molar-refractivity contribution in [2.45, 2.75) is 41.4 Å². The molecule has 1 N–H and O–H groups in total. The molecule has 0 radical (unpaired) electrons. The van der Waals surface area contributed by atoms with E-state index in [-0.39, 0.29) is 35.7 Å². The fourth-order valence-corrected chi connectivity index (χ4v) is 6.98. The van der Waals surface area contributed by atoms with Crippen LogP contribution in [0, 0.1) is 17.6 Å². The van der Waals surface area contributed by atoms with Gasteiger partial charge in [0.15, 0.2) is 21.4 Å². The van der Waals surface area contributed by atoms with E-state index in [1.54, 1.807) is 0 Å². The molecule has 4 rings (SSSR count). The summed E-state index contributed by atoms with van der Waals surface area (Å²) in [6.45, 7) is -0.0626. The minimum atomic E-state index is -4.16. The highest BCUT2D eigenvalue weighted by atomic mass is 35.5. The van der Waals surface area contributed by atoms with Crippen LogP contribution in [0.5, 0.6) is 5.75 Å². The van der Waals surface area contributed by atoms with Gasteiger partial charge in [-0.1, -0.05) is 11.6 Å². The van der Waals surface area contributed by atoms with Gasteiger partial charge in [-0.25, -0.2) is 17.2 Å². The number of aliphatic hydroxyl groups is 1. The normalized spacial score (nSPS) is 27.3. The molecule has 3 unspecified atom stereocenters. The number of benzene rings is 2. The van der Waals surface area contributed by atoms with Crippen LogP contribution in [0.4, 0.5) is 8.78 Å². The molecule has 2 aromatic carbocycles. The van der Waals surface area contributed by atoms with Crippen molar-refractivity contribution in [3.05, 3.63) is 58.6 Å². The molecule has 0 amide bonds. The van der Waals surface area contributed by atoms with Crippen LogP contribution >= 0.6 is 11.6 Å². The number of ether oxygens (including phenoxy) is 1. The van der Waals surface area contributed by atoms with E-state index in [0.29, 0.717) is 17.9 Å². The van der Waals surface area contributed by atoms with Gasteiger partial charge < -0.3 is 9.84 Å². The lowest BCUT2D eigenvalue weighted by molar-refractivity contribution is 0.147. The van der Waals surface area contributed by atoms with Crippen molar-refractivity contribution in [3.8, 4) is 5.75 Å². The quantitative estimate of drug-likeness (QED) is 0.777. The number of hydrogen-bond donors (Lipinski definition) is 1. The van der Waals surface area contributed by atoms with E-state index in [0.717, 1.165) is 12.1 Å². The number of sulfone groups is 1. The van der Waals surface area contributed by atoms with Gasteiger partial charge in [0.2, 0.25) is 0 Å². The minimum Gasteiger partial charge on any atom is -0.490 e. The van der Waals surface area contributed by atoms with Crippen LogP contribution in [0.3, 0.4) is 0 Å². The molecule has 2 aromatic rings. The highest BCUT2D eigenvalue weighted by Gasteiger charge is 2.58. The predicted molar refractivity (Wildman–Crippen MR) is 100 cm³/mol. The first kappa shape index (κ1) is 19.6. The zero-order valence-corrected chi connectivity index (χ0v) is 16.4. The molecule has 0 bridgehead atoms. The van der Waals surface area contributed by atoms with Crippen molar-refractivity contribution >= 4 is 21.4 Å². The first-order valence-corrected chi connectivity index (χ1v) is 10.9. The summed E-state index contributed by atoms with van der Waals surface area (Å²) in [4.78, 5) is -0.0187. The standard InChI is InChI=1S/C20H19ClF2O4S/c21-13-2-5-15(6-3-13)28(25,26)20-10-9-14(24)4-1-12(20)11-27-19-17(23)8-7-16(22)18(19)20/h2-3,5-8,12,14,24H,1,4,9-11H2. The van der Waals surface area contributed by atoms with E-state index in [4.69, 9.17) is 16.3 Å². The summed E-state index contributed by atoms with van der Waals surface area (Å²) >= 11 is 5.90. The largest absolute Gasteiger partial charge is 0.490 e. The number of hydrogen-bond acceptors (Lipinski definition) is 4. The average molecular weight is 429 g/mol. The lowest BCUT2D eigenvalue weighted by atomic mass is 9.79. The van der Waals surface area contributed by atoms with Crippen LogP contribution < -0.4 is 4.74 Å². The molecule has 8 heteroatoms. The van der Waals surface area contributed by atoms with Gasteiger partial charge in [0.1, 0.15) is 10.6 Å². The van der Waals surface area contributed by atoms with Crippen molar-refractivity contribution in [2.24, 2.45) is 5.92 Å². The number of rotatable bonds is 2. The van der Waals surface area contributed by atoms with Crippen LogP contribution in [0.25, 0.3) is 0 Å². The fraction of sp³-hybridized carbons (Fsp3) is 0.400. The van der Waals surface area contributed by atoms with Crippen molar-refractivity contribution in [1.29, 1.82) is 0 Å². The Morgan fingerprint density at radius 2 is 1.71 bits per heavy atom. The van der Waals surface area contributed by atoms with E-state index in [1.165, 1.54) is 24.3 Å². The van der Waals surface area contributed by atoms with Gasteiger partial charge >= 0.3 is 0 Å². The summed E-state index contributed by atoms with van der Waals surface area (Å²) in [6.07, 6.45) is 0.129. The molecular formula is C20H19ClF2O4S. The molecule has 0 saturated heterocycles. The maximum atomic E-state index is 15.0. The van der Waals surface area contributed by atoms with Gasteiger partial charge in [-0.3, -0.25) is 0 Å². The second-order valence-corrected chi connectivity index (χ2v) is 10.0. The van der Waals surface area contributed by atoms with Gasteiger partial charge in [0.05, 0.1) is 23.2 Å². The molecule has 4 nitrogen and oxygen atoms in total. The van der Waals surface area contributed by atoms with Crippen molar-refractivity contribution < 1.29 is 27.0 Å². The summed E-state index contributed by atoms with van der Waals surface area (Å²) in [7, 11) is -4.16. The van der Waals surface area contributed by atoms with E-state index in [2.05, 4.69) is 0 Å². The SMILES string of the molecule is O=S(=O)(c1ccc(Cl)cc1)C12CCC(O)CCC1COc1c(F)ccc(F)c12. The Balaban J connectivity index is 2.03. The van der Waals surface area contributed by atoms with Crippen molar-refractivity contribution in [2.75, 3.05) is 6.61 Å². The molecule has 1 aliphatic heterocycles. The molecule has 150 valence electrons. The van der Waals surface area contributed by atoms with Crippen LogP contribution in [0.1, 0.15) is 31.2 Å². The van der Waals surface area contributed by atoms with Crippen LogP contribution in [-0.2, 0) is 14.6 Å². The maximum absolute atomic E-state index is 15.0. The Hall–Kier alpha value is -1.70. The third-order valence-corrected chi connectivity index (χ3v) is 8.72. The number of aliphatic hydroxyl groups excluding tert-OH is 1. The molecule has 3 atom stereocenters. The minimum absolute atomic E-state index is 0.0187. The lowest BCUT2D eigenvalue weighted by Gasteiger charge is -2.43. The lowest BCUT2D eigenvalue weighted by Crippen LogP contribution is -2.48. The number of fused-ring (bicyclic) bond motifs is 3. The highest BCUT2D eigenvalue weighted by molar-refractivity contribution is 7.92. The number of halogens is 3. The van der Waals surface area contributed by atoms with Gasteiger partial charge in [-0.05, 0) is 62.1 Å². The Morgan fingerprint density at radius 1 is 1.04 bits per heavy atom. The summed E-state index contributed by atoms with van der Waals surface area (Å²) in [5, 5.41) is 10.5. The molecule has 0 spiro atoms. The molecule has 0 aromatic heterocycles. The molecule has 1 aliphatic carbocycles. The Labute approximate surface area is 167 Å². The van der Waals surface area contributed by atoms with Crippen molar-refractivity contribution in [1.82, 2.24) is 0 Å². The zero-order chi connectivity index (χ0) is 20.1. The predicted octanol–water partition coefficient (Wildman–Crippen LogP) is 4.23. The van der Waals surface area contributed by atoms with Crippen LogP contribution in [0.2, 0.25) is 5.02 Å². The molecule has 28 heavy (non-hydrogen) atoms. The molecule has 1 fully saturated rings. The first-order valence-electron chi connectivity index (χ1n) is 9.07. The molecular weight excluding hydrogens is 410 g/mol. The Kier molecular flexibility index (Phi) is 4.88. The van der Waals surface area contributed by atoms with Gasteiger partial charge in [0, 0.05) is 10.9 Å². The second-order valence-electron chi connectivity index (χ2n) is 7.36. The molecule has 1 heterocycles. The summed E-state index contributed by atoms with van der Waals surface area (Å²) in [5.74, 6) is -2.60. The maximum Gasteiger partial charge on any atom is 0.188 e. The first-order chi connectivity index (χ1) is 13.3. The zero-order valence-electron chi connectivity index (χ0n) is 14.9. The molecule has 2 aliphatic rings. The van der Waals surface area contributed by atoms with Crippen LogP contribution in [-0.4, -0.2) is 26.2 Å². The third kappa shape index (κ3) is 2.83. The van der Waals surface area contributed by atoms with E-state index in [1.807, 2.05) is 0 Å².